The molecule has 7 nitrogen and oxygen atoms in total. The number of aromatic nitrogens is 4. The highest BCUT2D eigenvalue weighted by Crippen LogP contribution is 2.32. The largest absolute Gasteiger partial charge is 0.332 e. The van der Waals surface area contributed by atoms with E-state index in [2.05, 4.69) is 11.2 Å². The van der Waals surface area contributed by atoms with E-state index >= 15 is 0 Å². The van der Waals surface area contributed by atoms with Crippen LogP contribution in [0.5, 0.6) is 0 Å². The predicted octanol–water partition coefficient (Wildman–Crippen LogP) is 3.68. The fraction of sp³-hybridized carbons (Fsp3) is 0.200. The Balaban J connectivity index is 1.56. The molecule has 9 heteroatoms. The lowest BCUT2D eigenvalue weighted by Gasteiger charge is -2.27. The first-order chi connectivity index (χ1) is 16.4. The van der Waals surface area contributed by atoms with Gasteiger partial charge in [-0.15, -0.1) is 0 Å². The molecule has 0 fully saturated rings. The number of nitriles is 1. The number of halogens is 2. The lowest BCUT2D eigenvalue weighted by Crippen LogP contribution is -2.36. The zero-order valence-electron chi connectivity index (χ0n) is 18.4. The van der Waals surface area contributed by atoms with E-state index in [0.29, 0.717) is 42.0 Å². The summed E-state index contributed by atoms with van der Waals surface area (Å²) < 4.78 is 31.1. The molecule has 0 N–H and O–H groups in total. The Morgan fingerprint density at radius 1 is 1.15 bits per heavy atom. The first kappa shape index (κ1) is 21.5. The van der Waals surface area contributed by atoms with Crippen molar-refractivity contribution >= 4 is 5.91 Å². The van der Waals surface area contributed by atoms with Gasteiger partial charge in [0.1, 0.15) is 17.3 Å². The van der Waals surface area contributed by atoms with Crippen molar-refractivity contribution in [1.82, 2.24) is 24.5 Å². The van der Waals surface area contributed by atoms with Crippen molar-refractivity contribution in [2.75, 3.05) is 6.54 Å². The molecule has 0 radical (unpaired) electrons. The first-order valence-corrected chi connectivity index (χ1v) is 10.7. The van der Waals surface area contributed by atoms with Crippen molar-refractivity contribution in [2.45, 2.75) is 19.5 Å². The second kappa shape index (κ2) is 8.56. The highest BCUT2D eigenvalue weighted by atomic mass is 19.1. The molecule has 1 aliphatic rings. The number of nitrogens with zero attached hydrogens (tertiary/aromatic N) is 6. The van der Waals surface area contributed by atoms with Crippen LogP contribution < -0.4 is 0 Å². The average Bonchev–Trinajstić information content (AvgIpc) is 3.44. The standard InChI is InChI=1S/C25H20F2N6O/c1-31-9-7-22(29-31)25(34)32-10-8-23-20(15-32)24(17-4-2-3-16(11-17)13-28)30-33(23)14-18-5-6-19(26)12-21(18)27/h2-7,9,11-12H,8,10,14-15H2,1H3. The molecule has 1 aliphatic heterocycles. The Morgan fingerprint density at radius 2 is 2.00 bits per heavy atom. The van der Waals surface area contributed by atoms with Gasteiger partial charge < -0.3 is 4.90 Å². The van der Waals surface area contributed by atoms with E-state index in [-0.39, 0.29) is 12.5 Å². The summed E-state index contributed by atoms with van der Waals surface area (Å²) >= 11 is 0. The minimum absolute atomic E-state index is 0.126. The molecule has 170 valence electrons. The minimum atomic E-state index is -0.639. The van der Waals surface area contributed by atoms with Gasteiger partial charge in [0.05, 0.1) is 30.4 Å². The van der Waals surface area contributed by atoms with Crippen LogP contribution in [0.15, 0.2) is 54.7 Å². The van der Waals surface area contributed by atoms with Gasteiger partial charge in [0.25, 0.3) is 5.91 Å². The van der Waals surface area contributed by atoms with E-state index in [0.717, 1.165) is 22.9 Å². The number of rotatable bonds is 4. The number of carbonyl (C=O) groups excluding carboxylic acids is 1. The van der Waals surface area contributed by atoms with Gasteiger partial charge in [0, 0.05) is 54.7 Å². The van der Waals surface area contributed by atoms with Crippen LogP contribution >= 0.6 is 0 Å². The summed E-state index contributed by atoms with van der Waals surface area (Å²) in [6, 6.07) is 14.4. The van der Waals surface area contributed by atoms with Gasteiger partial charge in [-0.1, -0.05) is 18.2 Å². The van der Waals surface area contributed by atoms with Gasteiger partial charge in [-0.3, -0.25) is 14.2 Å². The summed E-state index contributed by atoms with van der Waals surface area (Å²) in [5.74, 6) is -1.46. The molecule has 2 aromatic carbocycles. The Bertz CT molecular complexity index is 1450. The lowest BCUT2D eigenvalue weighted by molar-refractivity contribution is 0.0727. The van der Waals surface area contributed by atoms with Crippen LogP contribution in [-0.2, 0) is 26.6 Å². The predicted molar refractivity (Wildman–Crippen MR) is 119 cm³/mol. The third-order valence-electron chi connectivity index (χ3n) is 5.95. The number of carbonyl (C=O) groups is 1. The van der Waals surface area contributed by atoms with E-state index in [9.17, 15) is 18.8 Å². The molecule has 0 unspecified atom stereocenters. The highest BCUT2D eigenvalue weighted by molar-refractivity contribution is 5.92. The lowest BCUT2D eigenvalue weighted by atomic mass is 9.99. The van der Waals surface area contributed by atoms with Crippen molar-refractivity contribution in [3.63, 3.8) is 0 Å². The molecule has 5 rings (SSSR count). The van der Waals surface area contributed by atoms with E-state index in [1.165, 1.54) is 12.1 Å². The molecular formula is C25H20F2N6O. The average molecular weight is 458 g/mol. The van der Waals surface area contributed by atoms with Crippen molar-refractivity contribution in [3.8, 4) is 17.3 Å². The SMILES string of the molecule is Cn1ccc(C(=O)N2CCc3c(c(-c4cccc(C#N)c4)nn3Cc3ccc(F)cc3F)C2)n1. The van der Waals surface area contributed by atoms with Crippen LogP contribution in [0.25, 0.3) is 11.3 Å². The molecule has 0 atom stereocenters. The normalized spacial score (nSPS) is 12.9. The van der Waals surface area contributed by atoms with E-state index < -0.39 is 11.6 Å². The third kappa shape index (κ3) is 3.94. The Labute approximate surface area is 194 Å². The van der Waals surface area contributed by atoms with Gasteiger partial charge in [-0.05, 0) is 24.3 Å². The van der Waals surface area contributed by atoms with Gasteiger partial charge in [-0.2, -0.15) is 15.5 Å². The maximum Gasteiger partial charge on any atom is 0.274 e. The van der Waals surface area contributed by atoms with E-state index in [1.807, 2.05) is 6.07 Å². The second-order valence-electron chi connectivity index (χ2n) is 8.21. The summed E-state index contributed by atoms with van der Waals surface area (Å²) in [4.78, 5) is 14.8. The van der Waals surface area contributed by atoms with Gasteiger partial charge >= 0.3 is 0 Å². The maximum absolute atomic E-state index is 14.4. The van der Waals surface area contributed by atoms with Crippen LogP contribution in [0.2, 0.25) is 0 Å². The summed E-state index contributed by atoms with van der Waals surface area (Å²) in [7, 11) is 1.75. The molecule has 2 aromatic heterocycles. The van der Waals surface area contributed by atoms with Crippen LogP contribution in [0.4, 0.5) is 8.78 Å². The molecule has 0 spiro atoms. The fourth-order valence-electron chi connectivity index (χ4n) is 4.27. The van der Waals surface area contributed by atoms with Crippen molar-refractivity contribution < 1.29 is 13.6 Å². The van der Waals surface area contributed by atoms with Crippen LogP contribution in [-0.4, -0.2) is 36.9 Å². The van der Waals surface area contributed by atoms with Crippen molar-refractivity contribution in [3.05, 3.63) is 94.4 Å². The topological polar surface area (TPSA) is 79.7 Å². The summed E-state index contributed by atoms with van der Waals surface area (Å²) in [5, 5.41) is 18.3. The van der Waals surface area contributed by atoms with Gasteiger partial charge in [-0.25, -0.2) is 8.78 Å². The maximum atomic E-state index is 14.4. The Morgan fingerprint density at radius 3 is 2.74 bits per heavy atom. The van der Waals surface area contributed by atoms with Crippen LogP contribution in [0.1, 0.15) is 32.9 Å². The van der Waals surface area contributed by atoms with Gasteiger partial charge in [0.2, 0.25) is 0 Å². The number of amides is 1. The molecule has 1 amide bonds. The van der Waals surface area contributed by atoms with Crippen molar-refractivity contribution in [2.24, 2.45) is 7.05 Å². The molecule has 34 heavy (non-hydrogen) atoms. The monoisotopic (exact) mass is 458 g/mol. The molecule has 3 heterocycles. The Kier molecular flexibility index (Phi) is 5.42. The zero-order valence-corrected chi connectivity index (χ0v) is 18.4. The molecular weight excluding hydrogens is 438 g/mol. The summed E-state index contributed by atoms with van der Waals surface area (Å²) in [5.41, 5.74) is 4.26. The van der Waals surface area contributed by atoms with E-state index in [1.54, 1.807) is 51.8 Å². The third-order valence-corrected chi connectivity index (χ3v) is 5.95. The van der Waals surface area contributed by atoms with Crippen molar-refractivity contribution in [1.29, 1.82) is 5.26 Å². The molecule has 0 aliphatic carbocycles. The van der Waals surface area contributed by atoms with Crippen LogP contribution in [0, 0.1) is 23.0 Å². The molecule has 0 bridgehead atoms. The van der Waals surface area contributed by atoms with Gasteiger partial charge in [0.15, 0.2) is 0 Å². The quantitative estimate of drug-likeness (QED) is 0.467. The summed E-state index contributed by atoms with van der Waals surface area (Å²) in [6.07, 6.45) is 2.23. The number of aryl methyl sites for hydroxylation is 1. The highest BCUT2D eigenvalue weighted by Gasteiger charge is 2.29. The number of fused-ring (bicyclic) bond motifs is 1. The molecule has 4 aromatic rings. The fourth-order valence-corrected chi connectivity index (χ4v) is 4.27. The number of benzene rings is 2. The molecule has 0 saturated carbocycles. The first-order valence-electron chi connectivity index (χ1n) is 10.7. The smallest absolute Gasteiger partial charge is 0.274 e. The second-order valence-corrected chi connectivity index (χ2v) is 8.21. The minimum Gasteiger partial charge on any atom is -0.332 e. The summed E-state index contributed by atoms with van der Waals surface area (Å²) in [6.45, 7) is 0.890. The zero-order chi connectivity index (χ0) is 23.8. The number of hydrogen-bond acceptors (Lipinski definition) is 4. The number of hydrogen-bond donors (Lipinski definition) is 0. The molecule has 0 saturated heterocycles. The van der Waals surface area contributed by atoms with Crippen LogP contribution in [0.3, 0.4) is 0 Å². The Hall–Kier alpha value is -4.32. The van der Waals surface area contributed by atoms with E-state index in [4.69, 9.17) is 5.10 Å².